The molecule has 0 fully saturated rings. The molecule has 3 rings (SSSR count). The van der Waals surface area contributed by atoms with Gasteiger partial charge in [-0.1, -0.05) is 42.5 Å². The molecule has 4 nitrogen and oxygen atoms in total. The first-order valence-corrected chi connectivity index (χ1v) is 8.80. The zero-order valence-corrected chi connectivity index (χ0v) is 15.7. The van der Waals surface area contributed by atoms with Gasteiger partial charge in [-0.25, -0.2) is 0 Å². The summed E-state index contributed by atoms with van der Waals surface area (Å²) in [6.07, 6.45) is 3.28. The van der Waals surface area contributed by atoms with Gasteiger partial charge < -0.3 is 14.8 Å². The van der Waals surface area contributed by atoms with Gasteiger partial charge >= 0.3 is 0 Å². The van der Waals surface area contributed by atoms with Crippen molar-refractivity contribution in [3.63, 3.8) is 0 Å². The number of benzene rings is 3. The number of carbonyl (C=O) groups is 1. The van der Waals surface area contributed by atoms with Crippen LogP contribution in [-0.2, 0) is 4.79 Å². The molecule has 0 radical (unpaired) electrons. The van der Waals surface area contributed by atoms with Gasteiger partial charge in [0.25, 0.3) is 0 Å². The van der Waals surface area contributed by atoms with Crippen molar-refractivity contribution in [1.29, 1.82) is 0 Å². The molecule has 1 amide bonds. The standard InChI is InChI=1S/C23H23NO3/c1-16(19-11-10-18-6-4-5-7-20(18)15-19)24-23(25)13-9-17-8-12-21(26-2)22(14-17)27-3/h4-16H,1-3H3,(H,24,25)/b13-9+. The molecular weight excluding hydrogens is 338 g/mol. The number of methoxy groups -OCH3 is 2. The van der Waals surface area contributed by atoms with E-state index in [1.54, 1.807) is 20.3 Å². The minimum absolute atomic E-state index is 0.0860. The third kappa shape index (κ3) is 4.47. The molecule has 0 saturated carbocycles. The van der Waals surface area contributed by atoms with Gasteiger partial charge in [0.05, 0.1) is 20.3 Å². The van der Waals surface area contributed by atoms with E-state index in [-0.39, 0.29) is 11.9 Å². The van der Waals surface area contributed by atoms with Crippen molar-refractivity contribution < 1.29 is 14.3 Å². The van der Waals surface area contributed by atoms with Crippen LogP contribution in [0.15, 0.2) is 66.7 Å². The second-order valence-corrected chi connectivity index (χ2v) is 6.28. The van der Waals surface area contributed by atoms with E-state index < -0.39 is 0 Å². The minimum atomic E-state index is -0.148. The van der Waals surface area contributed by atoms with Crippen LogP contribution in [0.5, 0.6) is 11.5 Å². The Morgan fingerprint density at radius 1 is 0.926 bits per heavy atom. The van der Waals surface area contributed by atoms with Gasteiger partial charge in [0, 0.05) is 6.08 Å². The van der Waals surface area contributed by atoms with E-state index in [2.05, 4.69) is 29.6 Å². The molecule has 0 saturated heterocycles. The van der Waals surface area contributed by atoms with E-state index in [1.807, 2.05) is 43.3 Å². The summed E-state index contributed by atoms with van der Waals surface area (Å²) in [5.74, 6) is 1.14. The molecule has 0 bridgehead atoms. The van der Waals surface area contributed by atoms with Crippen molar-refractivity contribution in [2.45, 2.75) is 13.0 Å². The molecule has 1 N–H and O–H groups in total. The zero-order chi connectivity index (χ0) is 19.2. The Bertz CT molecular complexity index is 978. The monoisotopic (exact) mass is 361 g/mol. The Balaban J connectivity index is 1.68. The largest absolute Gasteiger partial charge is 0.493 e. The summed E-state index contributed by atoms with van der Waals surface area (Å²) in [5, 5.41) is 5.35. The molecule has 3 aromatic carbocycles. The topological polar surface area (TPSA) is 47.6 Å². The fraction of sp³-hybridized carbons (Fsp3) is 0.174. The Labute approximate surface area is 159 Å². The van der Waals surface area contributed by atoms with Crippen LogP contribution in [0.4, 0.5) is 0 Å². The highest BCUT2D eigenvalue weighted by molar-refractivity contribution is 5.92. The summed E-state index contributed by atoms with van der Waals surface area (Å²) in [5.41, 5.74) is 1.93. The van der Waals surface area contributed by atoms with Crippen molar-refractivity contribution >= 4 is 22.8 Å². The third-order valence-electron chi connectivity index (χ3n) is 4.47. The Kier molecular flexibility index (Phi) is 5.77. The molecule has 1 atom stereocenters. The SMILES string of the molecule is COc1ccc(/C=C/C(=O)NC(C)c2ccc3ccccc3c2)cc1OC. The van der Waals surface area contributed by atoms with Gasteiger partial charge in [0.1, 0.15) is 0 Å². The van der Waals surface area contributed by atoms with Crippen molar-refractivity contribution in [1.82, 2.24) is 5.32 Å². The van der Waals surface area contributed by atoms with Crippen LogP contribution in [0.25, 0.3) is 16.8 Å². The molecule has 0 aliphatic rings. The van der Waals surface area contributed by atoms with E-state index >= 15 is 0 Å². The Morgan fingerprint density at radius 2 is 1.67 bits per heavy atom. The van der Waals surface area contributed by atoms with Gasteiger partial charge in [-0.05, 0) is 53.1 Å². The van der Waals surface area contributed by atoms with Crippen LogP contribution in [0, 0.1) is 0 Å². The molecule has 138 valence electrons. The molecular formula is C23H23NO3. The highest BCUT2D eigenvalue weighted by atomic mass is 16.5. The smallest absolute Gasteiger partial charge is 0.244 e. The van der Waals surface area contributed by atoms with Crippen LogP contribution >= 0.6 is 0 Å². The van der Waals surface area contributed by atoms with Crippen LogP contribution in [0.1, 0.15) is 24.1 Å². The fourth-order valence-electron chi connectivity index (χ4n) is 2.95. The van der Waals surface area contributed by atoms with Crippen molar-refractivity contribution in [3.05, 3.63) is 77.9 Å². The number of rotatable bonds is 6. The fourth-order valence-corrected chi connectivity index (χ4v) is 2.95. The Hall–Kier alpha value is -3.27. The second kappa shape index (κ2) is 8.41. The molecule has 3 aromatic rings. The summed E-state index contributed by atoms with van der Waals surface area (Å²) < 4.78 is 10.5. The first-order valence-electron chi connectivity index (χ1n) is 8.80. The maximum Gasteiger partial charge on any atom is 0.244 e. The Morgan fingerprint density at radius 3 is 2.41 bits per heavy atom. The summed E-state index contributed by atoms with van der Waals surface area (Å²) in [4.78, 5) is 12.3. The molecule has 0 aliphatic carbocycles. The van der Waals surface area contributed by atoms with Crippen LogP contribution < -0.4 is 14.8 Å². The summed E-state index contributed by atoms with van der Waals surface area (Å²) in [7, 11) is 3.18. The van der Waals surface area contributed by atoms with Gasteiger partial charge in [0.2, 0.25) is 5.91 Å². The predicted molar refractivity (Wildman–Crippen MR) is 109 cm³/mol. The van der Waals surface area contributed by atoms with E-state index in [4.69, 9.17) is 9.47 Å². The zero-order valence-electron chi connectivity index (χ0n) is 15.7. The summed E-state index contributed by atoms with van der Waals surface area (Å²) in [6.45, 7) is 1.98. The normalized spacial score (nSPS) is 12.1. The van der Waals surface area contributed by atoms with Crippen molar-refractivity contribution in [2.24, 2.45) is 0 Å². The average Bonchev–Trinajstić information content (AvgIpc) is 2.71. The lowest BCUT2D eigenvalue weighted by atomic mass is 10.0. The van der Waals surface area contributed by atoms with Crippen LogP contribution in [0.3, 0.4) is 0 Å². The van der Waals surface area contributed by atoms with E-state index in [0.717, 1.165) is 16.5 Å². The number of hydrogen-bond donors (Lipinski definition) is 1. The lowest BCUT2D eigenvalue weighted by molar-refractivity contribution is -0.117. The highest BCUT2D eigenvalue weighted by Gasteiger charge is 2.08. The maximum absolute atomic E-state index is 12.3. The van der Waals surface area contributed by atoms with Gasteiger partial charge in [0.15, 0.2) is 11.5 Å². The van der Waals surface area contributed by atoms with Crippen molar-refractivity contribution in [2.75, 3.05) is 14.2 Å². The average molecular weight is 361 g/mol. The number of carbonyl (C=O) groups excluding carboxylic acids is 1. The highest BCUT2D eigenvalue weighted by Crippen LogP contribution is 2.28. The third-order valence-corrected chi connectivity index (χ3v) is 4.47. The molecule has 27 heavy (non-hydrogen) atoms. The van der Waals surface area contributed by atoms with Gasteiger partial charge in [-0.15, -0.1) is 0 Å². The molecule has 0 heterocycles. The van der Waals surface area contributed by atoms with E-state index in [0.29, 0.717) is 11.5 Å². The van der Waals surface area contributed by atoms with Gasteiger partial charge in [-0.2, -0.15) is 0 Å². The molecule has 4 heteroatoms. The lowest BCUT2D eigenvalue weighted by Crippen LogP contribution is -2.24. The van der Waals surface area contributed by atoms with Crippen LogP contribution in [-0.4, -0.2) is 20.1 Å². The molecule has 1 unspecified atom stereocenters. The number of fused-ring (bicyclic) bond motifs is 1. The van der Waals surface area contributed by atoms with Crippen LogP contribution in [0.2, 0.25) is 0 Å². The molecule has 0 spiro atoms. The summed E-state index contributed by atoms with van der Waals surface area (Å²) >= 11 is 0. The lowest BCUT2D eigenvalue weighted by Gasteiger charge is -2.14. The number of nitrogens with one attached hydrogen (secondary N) is 1. The molecule has 0 aromatic heterocycles. The predicted octanol–water partition coefficient (Wildman–Crippen LogP) is 4.75. The number of ether oxygens (including phenoxy) is 2. The first kappa shape index (κ1) is 18.5. The van der Waals surface area contributed by atoms with E-state index in [9.17, 15) is 4.79 Å². The van der Waals surface area contributed by atoms with E-state index in [1.165, 1.54) is 11.5 Å². The second-order valence-electron chi connectivity index (χ2n) is 6.28. The first-order chi connectivity index (χ1) is 13.1. The number of hydrogen-bond acceptors (Lipinski definition) is 3. The van der Waals surface area contributed by atoms with Crippen molar-refractivity contribution in [3.8, 4) is 11.5 Å². The number of amides is 1. The quantitative estimate of drug-likeness (QED) is 0.645. The summed E-state index contributed by atoms with van der Waals surface area (Å²) in [6, 6.07) is 19.8. The maximum atomic E-state index is 12.3. The minimum Gasteiger partial charge on any atom is -0.493 e. The van der Waals surface area contributed by atoms with Gasteiger partial charge in [-0.3, -0.25) is 4.79 Å². The molecule has 0 aliphatic heterocycles.